The SMILES string of the molecule is CC(C)Nc1cnc2cccnn12. The van der Waals surface area contributed by atoms with E-state index in [1.165, 1.54) is 0 Å². The van der Waals surface area contributed by atoms with E-state index in [2.05, 4.69) is 29.2 Å². The summed E-state index contributed by atoms with van der Waals surface area (Å²) >= 11 is 0. The molecule has 0 radical (unpaired) electrons. The van der Waals surface area contributed by atoms with Gasteiger partial charge in [0.2, 0.25) is 0 Å². The molecule has 0 saturated heterocycles. The minimum Gasteiger partial charge on any atom is -0.366 e. The van der Waals surface area contributed by atoms with Crippen molar-refractivity contribution in [2.45, 2.75) is 19.9 Å². The number of hydrogen-bond donors (Lipinski definition) is 1. The van der Waals surface area contributed by atoms with Crippen LogP contribution in [-0.4, -0.2) is 20.6 Å². The van der Waals surface area contributed by atoms with Gasteiger partial charge in [-0.3, -0.25) is 0 Å². The van der Waals surface area contributed by atoms with E-state index in [0.29, 0.717) is 6.04 Å². The second kappa shape index (κ2) is 3.05. The Bertz CT molecular complexity index is 405. The van der Waals surface area contributed by atoms with E-state index in [9.17, 15) is 0 Å². The summed E-state index contributed by atoms with van der Waals surface area (Å²) in [6.07, 6.45) is 3.54. The van der Waals surface area contributed by atoms with Gasteiger partial charge in [-0.05, 0) is 26.0 Å². The van der Waals surface area contributed by atoms with Crippen molar-refractivity contribution < 1.29 is 0 Å². The third-order valence-corrected chi connectivity index (χ3v) is 1.71. The molecule has 0 saturated carbocycles. The number of nitrogens with one attached hydrogen (secondary N) is 1. The van der Waals surface area contributed by atoms with Gasteiger partial charge in [-0.1, -0.05) is 0 Å². The maximum atomic E-state index is 4.21. The van der Waals surface area contributed by atoms with E-state index < -0.39 is 0 Å². The van der Waals surface area contributed by atoms with Crippen molar-refractivity contribution in [2.75, 3.05) is 5.32 Å². The zero-order chi connectivity index (χ0) is 9.26. The lowest BCUT2D eigenvalue weighted by atomic mass is 10.4. The van der Waals surface area contributed by atoms with Crippen LogP contribution in [0.3, 0.4) is 0 Å². The molecule has 0 aliphatic carbocycles. The smallest absolute Gasteiger partial charge is 0.155 e. The molecule has 1 N–H and O–H groups in total. The molecule has 2 heterocycles. The van der Waals surface area contributed by atoms with Gasteiger partial charge in [-0.25, -0.2) is 4.98 Å². The van der Waals surface area contributed by atoms with E-state index in [-0.39, 0.29) is 0 Å². The first-order valence-electron chi connectivity index (χ1n) is 4.32. The number of fused-ring (bicyclic) bond motifs is 1. The Morgan fingerprint density at radius 2 is 2.31 bits per heavy atom. The van der Waals surface area contributed by atoms with E-state index in [1.807, 2.05) is 12.1 Å². The van der Waals surface area contributed by atoms with Gasteiger partial charge in [0.25, 0.3) is 0 Å². The van der Waals surface area contributed by atoms with Crippen LogP contribution in [0.25, 0.3) is 5.65 Å². The molecule has 2 rings (SSSR count). The molecule has 0 bridgehead atoms. The van der Waals surface area contributed by atoms with Crippen molar-refractivity contribution in [3.8, 4) is 0 Å². The van der Waals surface area contributed by atoms with Gasteiger partial charge in [0.15, 0.2) is 5.65 Å². The Morgan fingerprint density at radius 1 is 1.46 bits per heavy atom. The minimum absolute atomic E-state index is 0.391. The molecule has 0 atom stereocenters. The maximum Gasteiger partial charge on any atom is 0.155 e. The van der Waals surface area contributed by atoms with Crippen LogP contribution in [0, 0.1) is 0 Å². The Hall–Kier alpha value is -1.58. The average molecular weight is 176 g/mol. The van der Waals surface area contributed by atoms with Crippen molar-refractivity contribution in [3.63, 3.8) is 0 Å². The monoisotopic (exact) mass is 176 g/mol. The van der Waals surface area contributed by atoms with Gasteiger partial charge < -0.3 is 5.32 Å². The zero-order valence-corrected chi connectivity index (χ0v) is 7.73. The predicted octanol–water partition coefficient (Wildman–Crippen LogP) is 1.55. The molecular formula is C9H12N4. The molecular weight excluding hydrogens is 164 g/mol. The van der Waals surface area contributed by atoms with Gasteiger partial charge in [0, 0.05) is 12.2 Å². The fourth-order valence-corrected chi connectivity index (χ4v) is 1.22. The van der Waals surface area contributed by atoms with Crippen LogP contribution < -0.4 is 5.32 Å². The van der Waals surface area contributed by atoms with Gasteiger partial charge >= 0.3 is 0 Å². The van der Waals surface area contributed by atoms with E-state index in [1.54, 1.807) is 16.9 Å². The topological polar surface area (TPSA) is 42.2 Å². The van der Waals surface area contributed by atoms with Crippen molar-refractivity contribution in [3.05, 3.63) is 24.5 Å². The molecule has 4 nitrogen and oxygen atoms in total. The number of rotatable bonds is 2. The fourth-order valence-electron chi connectivity index (χ4n) is 1.22. The normalized spacial score (nSPS) is 11.0. The highest BCUT2D eigenvalue weighted by molar-refractivity contribution is 5.48. The van der Waals surface area contributed by atoms with E-state index >= 15 is 0 Å². The van der Waals surface area contributed by atoms with Crippen molar-refractivity contribution in [1.82, 2.24) is 14.6 Å². The van der Waals surface area contributed by atoms with Crippen molar-refractivity contribution in [2.24, 2.45) is 0 Å². The lowest BCUT2D eigenvalue weighted by Crippen LogP contribution is -2.11. The molecule has 0 spiro atoms. The van der Waals surface area contributed by atoms with Gasteiger partial charge in [-0.2, -0.15) is 9.61 Å². The number of anilines is 1. The van der Waals surface area contributed by atoms with Crippen LogP contribution in [-0.2, 0) is 0 Å². The Morgan fingerprint density at radius 3 is 3.08 bits per heavy atom. The number of nitrogens with zero attached hydrogens (tertiary/aromatic N) is 3. The average Bonchev–Trinajstić information content (AvgIpc) is 2.48. The first-order valence-corrected chi connectivity index (χ1v) is 4.32. The molecule has 13 heavy (non-hydrogen) atoms. The molecule has 68 valence electrons. The van der Waals surface area contributed by atoms with Crippen LogP contribution in [0.5, 0.6) is 0 Å². The van der Waals surface area contributed by atoms with Crippen LogP contribution in [0.2, 0.25) is 0 Å². The van der Waals surface area contributed by atoms with E-state index in [4.69, 9.17) is 0 Å². The fraction of sp³-hybridized carbons (Fsp3) is 0.333. The summed E-state index contributed by atoms with van der Waals surface area (Å²) in [5, 5.41) is 7.45. The summed E-state index contributed by atoms with van der Waals surface area (Å²) in [6.45, 7) is 4.17. The Balaban J connectivity index is 2.46. The third kappa shape index (κ3) is 1.47. The number of imidazole rings is 1. The first-order chi connectivity index (χ1) is 6.27. The summed E-state index contributed by atoms with van der Waals surface area (Å²) < 4.78 is 1.79. The highest BCUT2D eigenvalue weighted by Crippen LogP contribution is 2.09. The molecule has 0 amide bonds. The maximum absolute atomic E-state index is 4.21. The second-order valence-electron chi connectivity index (χ2n) is 3.24. The second-order valence-corrected chi connectivity index (χ2v) is 3.24. The summed E-state index contributed by atoms with van der Waals surface area (Å²) in [4.78, 5) is 4.21. The number of hydrogen-bond acceptors (Lipinski definition) is 3. The summed E-state index contributed by atoms with van der Waals surface area (Å²) in [6, 6.07) is 4.20. The van der Waals surface area contributed by atoms with Crippen LogP contribution in [0.1, 0.15) is 13.8 Å². The molecule has 2 aromatic rings. The molecule has 0 fully saturated rings. The van der Waals surface area contributed by atoms with Crippen LogP contribution in [0.15, 0.2) is 24.5 Å². The molecule has 0 aliphatic heterocycles. The van der Waals surface area contributed by atoms with Crippen molar-refractivity contribution in [1.29, 1.82) is 0 Å². The molecule has 0 unspecified atom stereocenters. The molecule has 0 aliphatic rings. The zero-order valence-electron chi connectivity index (χ0n) is 7.73. The summed E-state index contributed by atoms with van der Waals surface area (Å²) in [7, 11) is 0. The minimum atomic E-state index is 0.391. The largest absolute Gasteiger partial charge is 0.366 e. The highest BCUT2D eigenvalue weighted by Gasteiger charge is 2.02. The lowest BCUT2D eigenvalue weighted by Gasteiger charge is -2.07. The van der Waals surface area contributed by atoms with E-state index in [0.717, 1.165) is 11.5 Å². The molecule has 0 aromatic carbocycles. The molecule has 2 aromatic heterocycles. The van der Waals surface area contributed by atoms with Gasteiger partial charge in [0.1, 0.15) is 5.82 Å². The lowest BCUT2D eigenvalue weighted by molar-refractivity contribution is 0.855. The van der Waals surface area contributed by atoms with Crippen molar-refractivity contribution >= 4 is 11.5 Å². The first kappa shape index (κ1) is 8.04. The third-order valence-electron chi connectivity index (χ3n) is 1.71. The standard InChI is InChI=1S/C9H12N4/c1-7(2)12-9-6-10-8-4-3-5-11-13(8)9/h3-7,12H,1-2H3. The van der Waals surface area contributed by atoms with Crippen LogP contribution >= 0.6 is 0 Å². The summed E-state index contributed by atoms with van der Waals surface area (Å²) in [5.74, 6) is 0.936. The quantitative estimate of drug-likeness (QED) is 0.754. The van der Waals surface area contributed by atoms with Crippen LogP contribution in [0.4, 0.5) is 5.82 Å². The number of aromatic nitrogens is 3. The van der Waals surface area contributed by atoms with Gasteiger partial charge in [0.05, 0.1) is 6.20 Å². The Labute approximate surface area is 76.6 Å². The Kier molecular flexibility index (Phi) is 1.88. The van der Waals surface area contributed by atoms with Gasteiger partial charge in [-0.15, -0.1) is 0 Å². The predicted molar refractivity (Wildman–Crippen MR) is 51.7 cm³/mol. The summed E-state index contributed by atoms with van der Waals surface area (Å²) in [5.41, 5.74) is 0.866. The molecule has 4 heteroatoms. The highest BCUT2D eigenvalue weighted by atomic mass is 15.3.